The third-order valence-electron chi connectivity index (χ3n) is 0.671. The second-order valence-electron chi connectivity index (χ2n) is 1.80. The first kappa shape index (κ1) is 10.5. The van der Waals surface area contributed by atoms with Gasteiger partial charge in [-0.25, -0.2) is 0 Å². The molecule has 0 amide bonds. The van der Waals surface area contributed by atoms with Crippen LogP contribution in [0.4, 0.5) is 0 Å². The van der Waals surface area contributed by atoms with Crippen LogP contribution in [-0.2, 0) is 0 Å². The van der Waals surface area contributed by atoms with Gasteiger partial charge in [-0.3, -0.25) is 0 Å². The van der Waals surface area contributed by atoms with Gasteiger partial charge in [0.05, 0.1) is 0 Å². The van der Waals surface area contributed by atoms with Crippen molar-refractivity contribution in [2.24, 2.45) is 0 Å². The summed E-state index contributed by atoms with van der Waals surface area (Å²) in [6, 6.07) is 0. The van der Waals surface area contributed by atoms with Crippen LogP contribution < -0.4 is 0 Å². The van der Waals surface area contributed by atoms with Crippen LogP contribution >= 0.6 is 0 Å². The van der Waals surface area contributed by atoms with Gasteiger partial charge in [0.2, 0.25) is 0 Å². The summed E-state index contributed by atoms with van der Waals surface area (Å²) in [6.45, 7) is 3.39. The van der Waals surface area contributed by atoms with Gasteiger partial charge >= 0.3 is 18.0 Å². The van der Waals surface area contributed by atoms with Gasteiger partial charge in [0.1, 0.15) is 0 Å². The molecule has 46 valence electrons. The third-order valence-corrected chi connectivity index (χ3v) is 0.671. The summed E-state index contributed by atoms with van der Waals surface area (Å²) in [4.78, 5) is 2.18. The molecule has 0 aromatic rings. The zero-order valence-electron chi connectivity index (χ0n) is 5.57. The fourth-order valence-corrected chi connectivity index (χ4v) is 0.447. The van der Waals surface area contributed by atoms with Crippen molar-refractivity contribution in [2.75, 3.05) is 20.6 Å². The molecule has 0 saturated heterocycles. The van der Waals surface area contributed by atoms with E-state index in [2.05, 4.69) is 25.9 Å². The molecule has 0 aromatic carbocycles. The SMILES string of the molecule is CCCN(C)C.[AsH3]. The molecule has 0 rings (SSSR count). The monoisotopic (exact) mass is 165 g/mol. The third kappa shape index (κ3) is 10.8. The van der Waals surface area contributed by atoms with Crippen LogP contribution in [0, 0.1) is 0 Å². The molecule has 1 atom stereocenters. The first-order chi connectivity index (χ1) is 2.77. The molecule has 0 bridgehead atoms. The van der Waals surface area contributed by atoms with Crippen molar-refractivity contribution in [3.63, 3.8) is 0 Å². The van der Waals surface area contributed by atoms with E-state index in [-0.39, 0.29) is 18.0 Å². The van der Waals surface area contributed by atoms with Gasteiger partial charge in [0, 0.05) is 0 Å². The molecule has 0 spiro atoms. The molecule has 0 N–H and O–H groups in total. The molecular weight excluding hydrogens is 149 g/mol. The number of nitrogens with zero attached hydrogens (tertiary/aromatic N) is 1. The Bertz CT molecular complexity index is 29.3. The second kappa shape index (κ2) is 6.52. The summed E-state index contributed by atoms with van der Waals surface area (Å²) in [7, 11) is 4.17. The zero-order chi connectivity index (χ0) is 4.99. The van der Waals surface area contributed by atoms with Crippen LogP contribution in [-0.4, -0.2) is 43.5 Å². The Kier molecular flexibility index (Phi) is 9.77. The van der Waals surface area contributed by atoms with Gasteiger partial charge in [-0.15, -0.1) is 0 Å². The molecule has 0 aliphatic carbocycles. The second-order valence-corrected chi connectivity index (χ2v) is 1.80. The predicted molar refractivity (Wildman–Crippen MR) is 38.8 cm³/mol. The van der Waals surface area contributed by atoms with Crippen LogP contribution in [0.1, 0.15) is 13.3 Å². The Morgan fingerprint density at radius 3 is 1.71 bits per heavy atom. The summed E-state index contributed by atoms with van der Waals surface area (Å²) in [5, 5.41) is 0. The summed E-state index contributed by atoms with van der Waals surface area (Å²) < 4.78 is 0. The minimum absolute atomic E-state index is 0. The van der Waals surface area contributed by atoms with E-state index in [4.69, 9.17) is 0 Å². The van der Waals surface area contributed by atoms with E-state index in [0.29, 0.717) is 0 Å². The van der Waals surface area contributed by atoms with Crippen LogP contribution in [0.3, 0.4) is 0 Å². The van der Waals surface area contributed by atoms with E-state index in [9.17, 15) is 0 Å². The molecule has 1 unspecified atom stereocenters. The normalized spacial score (nSPS) is 8.57. The molecule has 0 aliphatic rings. The Morgan fingerprint density at radius 1 is 1.29 bits per heavy atom. The summed E-state index contributed by atoms with van der Waals surface area (Å²) in [6.07, 6.45) is 1.26. The quantitative estimate of drug-likeness (QED) is 0.511. The van der Waals surface area contributed by atoms with E-state index < -0.39 is 0 Å². The van der Waals surface area contributed by atoms with E-state index in [1.165, 1.54) is 13.0 Å². The first-order valence-electron chi connectivity index (χ1n) is 2.42. The van der Waals surface area contributed by atoms with Crippen LogP contribution in [0.5, 0.6) is 0 Å². The maximum absolute atomic E-state index is 2.18. The number of hydrogen-bond acceptors (Lipinski definition) is 1. The summed E-state index contributed by atoms with van der Waals surface area (Å²) >= 11 is 0. The average Bonchev–Trinajstić information content (AvgIpc) is 1.35. The van der Waals surface area contributed by atoms with E-state index >= 15 is 0 Å². The first-order valence-corrected chi connectivity index (χ1v) is 2.42. The molecule has 0 saturated carbocycles. The molecule has 0 radical (unpaired) electrons. The Hall–Kier alpha value is 0.518. The van der Waals surface area contributed by atoms with Crippen LogP contribution in [0.2, 0.25) is 0 Å². The Morgan fingerprint density at radius 2 is 1.71 bits per heavy atom. The van der Waals surface area contributed by atoms with Crippen molar-refractivity contribution in [2.45, 2.75) is 13.3 Å². The fraction of sp³-hybridized carbons (Fsp3) is 1.00. The minimum atomic E-state index is 0. The number of hydrogen-bond donors (Lipinski definition) is 0. The Balaban J connectivity index is 0. The van der Waals surface area contributed by atoms with Gasteiger partial charge in [0.15, 0.2) is 0 Å². The standard InChI is InChI=1S/C5H13N.AsH3/c1-4-5-6(2)3;/h4-5H2,1-3H3;1H3. The molecular formula is C5H16AsN. The van der Waals surface area contributed by atoms with Crippen molar-refractivity contribution in [1.82, 2.24) is 4.90 Å². The molecule has 0 fully saturated rings. The molecule has 7 heavy (non-hydrogen) atoms. The molecule has 0 heterocycles. The molecule has 0 aromatic heterocycles. The van der Waals surface area contributed by atoms with Crippen molar-refractivity contribution in [1.29, 1.82) is 0 Å². The maximum atomic E-state index is 2.18. The predicted octanol–water partition coefficient (Wildman–Crippen LogP) is -0.226. The van der Waals surface area contributed by atoms with Gasteiger partial charge in [-0.1, -0.05) is 6.92 Å². The van der Waals surface area contributed by atoms with Gasteiger partial charge in [-0.2, -0.15) is 0 Å². The molecule has 2 heteroatoms. The van der Waals surface area contributed by atoms with Crippen molar-refractivity contribution >= 4 is 18.0 Å². The molecule has 0 aliphatic heterocycles. The topological polar surface area (TPSA) is 3.24 Å². The summed E-state index contributed by atoms with van der Waals surface area (Å²) in [5.74, 6) is 0. The van der Waals surface area contributed by atoms with Crippen molar-refractivity contribution < 1.29 is 0 Å². The Labute approximate surface area is 57.4 Å². The van der Waals surface area contributed by atoms with Gasteiger partial charge in [0.25, 0.3) is 0 Å². The van der Waals surface area contributed by atoms with Gasteiger partial charge < -0.3 is 4.90 Å². The fourth-order valence-electron chi connectivity index (χ4n) is 0.447. The van der Waals surface area contributed by atoms with Crippen molar-refractivity contribution in [3.05, 3.63) is 0 Å². The van der Waals surface area contributed by atoms with Crippen LogP contribution in [0.15, 0.2) is 0 Å². The average molecular weight is 165 g/mol. The van der Waals surface area contributed by atoms with Crippen LogP contribution in [0.25, 0.3) is 0 Å². The van der Waals surface area contributed by atoms with E-state index in [1.54, 1.807) is 0 Å². The summed E-state index contributed by atoms with van der Waals surface area (Å²) in [5.41, 5.74) is 0. The number of rotatable bonds is 2. The van der Waals surface area contributed by atoms with Gasteiger partial charge in [-0.05, 0) is 27.1 Å². The van der Waals surface area contributed by atoms with Crippen molar-refractivity contribution in [3.8, 4) is 0 Å². The zero-order valence-corrected chi connectivity index (χ0v) is 8.54. The van der Waals surface area contributed by atoms with E-state index in [1.807, 2.05) is 0 Å². The molecule has 1 nitrogen and oxygen atoms in total. The van der Waals surface area contributed by atoms with E-state index in [0.717, 1.165) is 0 Å².